The Morgan fingerprint density at radius 1 is 1.25 bits per heavy atom. The lowest BCUT2D eigenvalue weighted by molar-refractivity contribution is 0.402. The Morgan fingerprint density at radius 3 is 2.75 bits per heavy atom. The van der Waals surface area contributed by atoms with E-state index >= 15 is 0 Å². The molecule has 1 aromatic heterocycles. The molecule has 0 fully saturated rings. The van der Waals surface area contributed by atoms with Gasteiger partial charge >= 0.3 is 0 Å². The summed E-state index contributed by atoms with van der Waals surface area (Å²) < 4.78 is 6.35. The third kappa shape index (κ3) is 2.52. The van der Waals surface area contributed by atoms with Crippen LogP contribution in [0.25, 0.3) is 0 Å². The summed E-state index contributed by atoms with van der Waals surface area (Å²) in [7, 11) is 0. The van der Waals surface area contributed by atoms with Crippen LogP contribution in [0.15, 0.2) is 41.0 Å². The van der Waals surface area contributed by atoms with Gasteiger partial charge in [0.25, 0.3) is 0 Å². The lowest BCUT2D eigenvalue weighted by atomic mass is 10.2. The molecule has 0 radical (unpaired) electrons. The number of halogens is 1. The summed E-state index contributed by atoms with van der Waals surface area (Å²) >= 11 is 3.29. The summed E-state index contributed by atoms with van der Waals surface area (Å²) in [5.41, 5.74) is 1.02. The highest BCUT2D eigenvalue weighted by Gasteiger charge is 2.04. The number of hydrogen-bond donors (Lipinski definition) is 1. The molecule has 0 atom stereocenters. The van der Waals surface area contributed by atoms with Crippen molar-refractivity contribution in [3.63, 3.8) is 0 Å². The van der Waals surface area contributed by atoms with Gasteiger partial charge in [-0.3, -0.25) is 0 Å². The first-order chi connectivity index (χ1) is 7.65. The highest BCUT2D eigenvalue weighted by atomic mass is 79.9. The molecular weight excluding hydrogens is 270 g/mol. The van der Waals surface area contributed by atoms with E-state index in [4.69, 9.17) is 4.74 Å². The van der Waals surface area contributed by atoms with E-state index < -0.39 is 0 Å². The minimum atomic E-state index is 0.107. The molecule has 2 rings (SSSR count). The van der Waals surface area contributed by atoms with Gasteiger partial charge in [-0.2, -0.15) is 0 Å². The molecule has 0 unspecified atom stereocenters. The number of nitrogens with zero attached hydrogens (tertiary/aromatic N) is 1. The maximum Gasteiger partial charge on any atom is 0.219 e. The van der Waals surface area contributed by atoms with Gasteiger partial charge in [-0.25, -0.2) is 4.98 Å². The van der Waals surface area contributed by atoms with Crippen LogP contribution in [0.1, 0.15) is 5.56 Å². The van der Waals surface area contributed by atoms with Crippen molar-refractivity contribution in [1.82, 2.24) is 4.98 Å². The molecule has 2 aromatic rings. The Kier molecular flexibility index (Phi) is 3.10. The molecule has 1 N–H and O–H groups in total. The SMILES string of the molecule is Cc1ccc(O)c(Oc2ccc(Br)cn2)c1. The summed E-state index contributed by atoms with van der Waals surface area (Å²) in [4.78, 5) is 4.06. The fraction of sp³-hybridized carbons (Fsp3) is 0.0833. The topological polar surface area (TPSA) is 42.4 Å². The van der Waals surface area contributed by atoms with Gasteiger partial charge in [0.2, 0.25) is 5.88 Å². The zero-order valence-corrected chi connectivity index (χ0v) is 10.2. The number of phenolic OH excluding ortho intramolecular Hbond substituents is 1. The lowest BCUT2D eigenvalue weighted by Gasteiger charge is -2.07. The fourth-order valence-electron chi connectivity index (χ4n) is 1.24. The van der Waals surface area contributed by atoms with E-state index in [1.165, 1.54) is 0 Å². The Morgan fingerprint density at radius 2 is 2.06 bits per heavy atom. The third-order valence-corrected chi connectivity index (χ3v) is 2.50. The van der Waals surface area contributed by atoms with E-state index in [-0.39, 0.29) is 5.75 Å². The first-order valence-corrected chi connectivity index (χ1v) is 5.53. The molecular formula is C12H10BrNO2. The molecule has 82 valence electrons. The number of pyridine rings is 1. The molecule has 4 heteroatoms. The van der Waals surface area contributed by atoms with Crippen LogP contribution in [-0.4, -0.2) is 10.1 Å². The largest absolute Gasteiger partial charge is 0.504 e. The predicted octanol–water partition coefficient (Wildman–Crippen LogP) is 3.65. The molecule has 1 aromatic carbocycles. The maximum atomic E-state index is 9.59. The van der Waals surface area contributed by atoms with Gasteiger partial charge in [0.15, 0.2) is 11.5 Å². The molecule has 0 saturated carbocycles. The van der Waals surface area contributed by atoms with E-state index in [1.807, 2.05) is 19.1 Å². The number of ether oxygens (including phenoxy) is 1. The predicted molar refractivity (Wildman–Crippen MR) is 64.9 cm³/mol. The number of aromatic hydroxyl groups is 1. The third-order valence-electron chi connectivity index (χ3n) is 2.03. The molecule has 0 amide bonds. The van der Waals surface area contributed by atoms with Crippen molar-refractivity contribution < 1.29 is 9.84 Å². The van der Waals surface area contributed by atoms with Gasteiger partial charge in [0.1, 0.15) is 0 Å². The molecule has 1 heterocycles. The Balaban J connectivity index is 2.26. The summed E-state index contributed by atoms with van der Waals surface area (Å²) in [6.07, 6.45) is 1.64. The lowest BCUT2D eigenvalue weighted by Crippen LogP contribution is -1.88. The minimum Gasteiger partial charge on any atom is -0.504 e. The number of phenols is 1. The van der Waals surface area contributed by atoms with Crippen LogP contribution in [0.5, 0.6) is 17.4 Å². The first-order valence-electron chi connectivity index (χ1n) is 4.74. The monoisotopic (exact) mass is 279 g/mol. The molecule has 0 aliphatic carbocycles. The number of rotatable bonds is 2. The molecule has 0 bridgehead atoms. The van der Waals surface area contributed by atoms with Crippen molar-refractivity contribution in [1.29, 1.82) is 0 Å². The molecule has 3 nitrogen and oxygen atoms in total. The van der Waals surface area contributed by atoms with Crippen molar-refractivity contribution in [2.45, 2.75) is 6.92 Å². The summed E-state index contributed by atoms with van der Waals surface area (Å²) in [5, 5.41) is 9.59. The average molecular weight is 280 g/mol. The van der Waals surface area contributed by atoms with Gasteiger partial charge in [-0.05, 0) is 46.6 Å². The quantitative estimate of drug-likeness (QED) is 0.913. The molecule has 16 heavy (non-hydrogen) atoms. The molecule has 0 spiro atoms. The van der Waals surface area contributed by atoms with Gasteiger partial charge in [-0.1, -0.05) is 6.07 Å². The second-order valence-electron chi connectivity index (χ2n) is 3.39. The molecule has 0 aliphatic rings. The highest BCUT2D eigenvalue weighted by Crippen LogP contribution is 2.30. The van der Waals surface area contributed by atoms with Crippen LogP contribution in [0.4, 0.5) is 0 Å². The molecule has 0 saturated heterocycles. The van der Waals surface area contributed by atoms with Gasteiger partial charge in [0.05, 0.1) is 0 Å². The number of aromatic nitrogens is 1. The van der Waals surface area contributed by atoms with Crippen LogP contribution < -0.4 is 4.74 Å². The standard InChI is InChI=1S/C12H10BrNO2/c1-8-2-4-10(15)11(6-8)16-12-5-3-9(13)7-14-12/h2-7,15H,1H3. The maximum absolute atomic E-state index is 9.59. The number of hydrogen-bond acceptors (Lipinski definition) is 3. The van der Waals surface area contributed by atoms with Crippen molar-refractivity contribution in [2.75, 3.05) is 0 Å². The van der Waals surface area contributed by atoms with Crippen LogP contribution in [-0.2, 0) is 0 Å². The van der Waals surface area contributed by atoms with Crippen molar-refractivity contribution >= 4 is 15.9 Å². The van der Waals surface area contributed by atoms with E-state index in [2.05, 4.69) is 20.9 Å². The van der Waals surface area contributed by atoms with Crippen LogP contribution in [0.3, 0.4) is 0 Å². The zero-order valence-electron chi connectivity index (χ0n) is 8.64. The van der Waals surface area contributed by atoms with Gasteiger partial charge < -0.3 is 9.84 Å². The Bertz CT molecular complexity index is 497. The normalized spacial score (nSPS) is 10.1. The minimum absolute atomic E-state index is 0.107. The van der Waals surface area contributed by atoms with Gasteiger partial charge in [0, 0.05) is 16.7 Å². The van der Waals surface area contributed by atoms with Crippen LogP contribution in [0.2, 0.25) is 0 Å². The van der Waals surface area contributed by atoms with Crippen molar-refractivity contribution in [3.8, 4) is 17.4 Å². The molecule has 0 aliphatic heterocycles. The van der Waals surface area contributed by atoms with E-state index in [1.54, 1.807) is 24.4 Å². The summed E-state index contributed by atoms with van der Waals surface area (Å²) in [6, 6.07) is 8.74. The number of benzene rings is 1. The van der Waals surface area contributed by atoms with E-state index in [0.29, 0.717) is 11.6 Å². The average Bonchev–Trinajstić information content (AvgIpc) is 2.27. The van der Waals surface area contributed by atoms with Crippen LogP contribution >= 0.6 is 15.9 Å². The fourth-order valence-corrected chi connectivity index (χ4v) is 1.47. The first kappa shape index (κ1) is 11.0. The van der Waals surface area contributed by atoms with Crippen molar-refractivity contribution in [2.24, 2.45) is 0 Å². The summed E-state index contributed by atoms with van der Waals surface area (Å²) in [6.45, 7) is 1.93. The second-order valence-corrected chi connectivity index (χ2v) is 4.30. The smallest absolute Gasteiger partial charge is 0.219 e. The zero-order chi connectivity index (χ0) is 11.5. The highest BCUT2D eigenvalue weighted by molar-refractivity contribution is 9.10. The summed E-state index contributed by atoms with van der Waals surface area (Å²) in [5.74, 6) is 0.967. The Hall–Kier alpha value is -1.55. The van der Waals surface area contributed by atoms with E-state index in [0.717, 1.165) is 10.0 Å². The number of aryl methyl sites for hydroxylation is 1. The second kappa shape index (κ2) is 4.53. The van der Waals surface area contributed by atoms with Crippen molar-refractivity contribution in [3.05, 3.63) is 46.6 Å². The van der Waals surface area contributed by atoms with E-state index in [9.17, 15) is 5.11 Å². The Labute approximate surface area is 102 Å². The van der Waals surface area contributed by atoms with Gasteiger partial charge in [-0.15, -0.1) is 0 Å². The van der Waals surface area contributed by atoms with Crippen LogP contribution in [0, 0.1) is 6.92 Å².